The van der Waals surface area contributed by atoms with Crippen molar-refractivity contribution in [3.63, 3.8) is 0 Å². The normalized spacial score (nSPS) is 28.3. The van der Waals surface area contributed by atoms with E-state index in [1.807, 2.05) is 0 Å². The Bertz CT molecular complexity index is 128. The van der Waals surface area contributed by atoms with Crippen molar-refractivity contribution in [1.29, 1.82) is 0 Å². The van der Waals surface area contributed by atoms with Crippen LogP contribution in [0.3, 0.4) is 0 Å². The van der Waals surface area contributed by atoms with Gasteiger partial charge in [0, 0.05) is 0 Å². The Morgan fingerprint density at radius 1 is 1.86 bits per heavy atom. The van der Waals surface area contributed by atoms with Crippen molar-refractivity contribution in [2.24, 2.45) is 16.0 Å². The van der Waals surface area contributed by atoms with Crippen LogP contribution in [0.1, 0.15) is 0 Å². The minimum Gasteiger partial charge on any atom is -0.304 e. The molecule has 0 saturated carbocycles. The van der Waals surface area contributed by atoms with Gasteiger partial charge in [-0.05, 0) is 0 Å². The van der Waals surface area contributed by atoms with Gasteiger partial charge < -0.3 is 5.73 Å². The maximum absolute atomic E-state index is 5.41. The second-order valence-corrected chi connectivity index (χ2v) is 1.63. The lowest BCUT2D eigenvalue weighted by molar-refractivity contribution is 0.839. The van der Waals surface area contributed by atoms with Crippen LogP contribution in [-0.2, 0) is 0 Å². The summed E-state index contributed by atoms with van der Waals surface area (Å²) in [4.78, 5) is 0. The quantitative estimate of drug-likeness (QED) is 0.502. The summed E-state index contributed by atoms with van der Waals surface area (Å²) in [5.41, 5.74) is 5.22. The van der Waals surface area contributed by atoms with E-state index in [-0.39, 0.29) is 0 Å². The first-order valence-electron chi connectivity index (χ1n) is 1.82. The molecule has 4 heteroatoms. The van der Waals surface area contributed by atoms with Crippen molar-refractivity contribution < 1.29 is 0 Å². The zero-order chi connectivity index (χ0) is 5.28. The fraction of sp³-hybridized carbons (Fsp3) is 0.333. The molecule has 2 N–H and O–H groups in total. The zero-order valence-corrected chi connectivity index (χ0v) is 4.26. The molecule has 1 aliphatic heterocycles. The zero-order valence-electron chi connectivity index (χ0n) is 3.50. The largest absolute Gasteiger partial charge is 0.304 e. The van der Waals surface area contributed by atoms with Crippen molar-refractivity contribution in [3.8, 4) is 0 Å². The van der Waals surface area contributed by atoms with E-state index in [2.05, 4.69) is 10.2 Å². The summed E-state index contributed by atoms with van der Waals surface area (Å²) >= 11 is 5.41. The predicted octanol–water partition coefficient (Wildman–Crippen LogP) is 0.817. The number of azo groups is 1. The molecule has 7 heavy (non-hydrogen) atoms. The van der Waals surface area contributed by atoms with Gasteiger partial charge in [-0.1, -0.05) is 11.6 Å². The first-order chi connectivity index (χ1) is 3.30. The lowest BCUT2D eigenvalue weighted by Crippen LogP contribution is -2.13. The molecule has 3 nitrogen and oxygen atoms in total. The van der Waals surface area contributed by atoms with Crippen molar-refractivity contribution in [1.82, 2.24) is 0 Å². The molecule has 1 rings (SSSR count). The summed E-state index contributed by atoms with van der Waals surface area (Å²) in [5.74, 6) is 0. The maximum Gasteiger partial charge on any atom is 0.156 e. The average molecular weight is 118 g/mol. The Morgan fingerprint density at radius 3 is 2.71 bits per heavy atom. The fourth-order valence-electron chi connectivity index (χ4n) is 0.292. The van der Waals surface area contributed by atoms with E-state index in [4.69, 9.17) is 17.3 Å². The first-order valence-corrected chi connectivity index (χ1v) is 2.19. The molecule has 0 aliphatic carbocycles. The van der Waals surface area contributed by atoms with Crippen LogP contribution in [0.15, 0.2) is 21.5 Å². The highest BCUT2D eigenvalue weighted by Crippen LogP contribution is 2.12. The highest BCUT2D eigenvalue weighted by atomic mass is 35.5. The van der Waals surface area contributed by atoms with E-state index in [1.54, 1.807) is 0 Å². The topological polar surface area (TPSA) is 50.7 Å². The Hall–Kier alpha value is -0.410. The van der Waals surface area contributed by atoms with E-state index < -0.39 is 6.17 Å². The second kappa shape index (κ2) is 1.60. The van der Waals surface area contributed by atoms with Crippen LogP contribution in [0.25, 0.3) is 0 Å². The van der Waals surface area contributed by atoms with Crippen LogP contribution < -0.4 is 5.73 Å². The molecule has 0 amide bonds. The van der Waals surface area contributed by atoms with Gasteiger partial charge >= 0.3 is 0 Å². The molecule has 1 aliphatic rings. The Labute approximate surface area is 45.9 Å². The molecule has 0 unspecified atom stereocenters. The molecule has 0 aromatic heterocycles. The SMILES string of the molecule is N[C@H]1N=NC=C1Cl. The summed E-state index contributed by atoms with van der Waals surface area (Å²) < 4.78 is 0. The molecular weight excluding hydrogens is 114 g/mol. The summed E-state index contributed by atoms with van der Waals surface area (Å²) in [6, 6.07) is 0. The third-order valence-electron chi connectivity index (χ3n) is 0.655. The molecule has 0 radical (unpaired) electrons. The van der Waals surface area contributed by atoms with Gasteiger partial charge in [0.05, 0.1) is 11.2 Å². The molecule has 38 valence electrons. The van der Waals surface area contributed by atoms with Gasteiger partial charge in [0.1, 0.15) is 0 Å². The number of hydrogen-bond acceptors (Lipinski definition) is 3. The fourth-order valence-corrected chi connectivity index (χ4v) is 0.379. The summed E-state index contributed by atoms with van der Waals surface area (Å²) in [5, 5.41) is 7.45. The third kappa shape index (κ3) is 0.783. The van der Waals surface area contributed by atoms with Crippen LogP contribution in [0.2, 0.25) is 0 Å². The van der Waals surface area contributed by atoms with Gasteiger partial charge in [-0.25, -0.2) is 0 Å². The number of nitrogens with two attached hydrogens (primary N) is 1. The number of hydrogen-bond donors (Lipinski definition) is 1. The van der Waals surface area contributed by atoms with E-state index in [9.17, 15) is 0 Å². The average Bonchev–Trinajstić information content (AvgIpc) is 1.91. The number of rotatable bonds is 0. The molecule has 0 saturated heterocycles. The molecule has 1 atom stereocenters. The van der Waals surface area contributed by atoms with Crippen LogP contribution in [0, 0.1) is 0 Å². The third-order valence-corrected chi connectivity index (χ3v) is 0.976. The van der Waals surface area contributed by atoms with Crippen LogP contribution in [-0.4, -0.2) is 6.17 Å². The standard InChI is InChI=1S/C3H4ClN3/c4-2-1-6-7-3(2)5/h1,3H,5H2/t3-/m0/s1. The van der Waals surface area contributed by atoms with E-state index >= 15 is 0 Å². The van der Waals surface area contributed by atoms with Crippen LogP contribution in [0.5, 0.6) is 0 Å². The van der Waals surface area contributed by atoms with E-state index in [0.29, 0.717) is 5.03 Å². The minimum absolute atomic E-state index is 0.401. The molecule has 0 bridgehead atoms. The Balaban J connectivity index is 2.69. The minimum atomic E-state index is -0.401. The monoisotopic (exact) mass is 117 g/mol. The van der Waals surface area contributed by atoms with Gasteiger partial charge in [-0.15, -0.1) is 0 Å². The molecule has 1 heterocycles. The predicted molar refractivity (Wildman–Crippen MR) is 26.8 cm³/mol. The highest BCUT2D eigenvalue weighted by Gasteiger charge is 2.07. The number of halogens is 1. The van der Waals surface area contributed by atoms with Crippen molar-refractivity contribution >= 4 is 11.6 Å². The Morgan fingerprint density at radius 2 is 2.57 bits per heavy atom. The second-order valence-electron chi connectivity index (χ2n) is 1.19. The van der Waals surface area contributed by atoms with Crippen molar-refractivity contribution in [2.45, 2.75) is 6.17 Å². The molecule has 0 spiro atoms. The first kappa shape index (κ1) is 4.74. The lowest BCUT2D eigenvalue weighted by atomic mass is 10.5. The summed E-state index contributed by atoms with van der Waals surface area (Å²) in [6.07, 6.45) is 1.04. The molecule has 0 fully saturated rings. The highest BCUT2D eigenvalue weighted by molar-refractivity contribution is 6.30. The Kier molecular flexibility index (Phi) is 1.08. The number of nitrogens with zero attached hydrogens (tertiary/aromatic N) is 2. The van der Waals surface area contributed by atoms with E-state index in [1.165, 1.54) is 6.20 Å². The van der Waals surface area contributed by atoms with Crippen LogP contribution >= 0.6 is 11.6 Å². The van der Waals surface area contributed by atoms with Gasteiger partial charge in [0.15, 0.2) is 6.17 Å². The van der Waals surface area contributed by atoms with Crippen molar-refractivity contribution in [3.05, 3.63) is 11.2 Å². The summed E-state index contributed by atoms with van der Waals surface area (Å²) in [6.45, 7) is 0. The maximum atomic E-state index is 5.41. The van der Waals surface area contributed by atoms with Gasteiger partial charge in [0.2, 0.25) is 0 Å². The molecular formula is C3H4ClN3. The molecule has 0 aromatic rings. The van der Waals surface area contributed by atoms with Gasteiger partial charge in [-0.2, -0.15) is 10.2 Å². The van der Waals surface area contributed by atoms with Gasteiger partial charge in [0.25, 0.3) is 0 Å². The lowest BCUT2D eigenvalue weighted by Gasteiger charge is -1.90. The van der Waals surface area contributed by atoms with Gasteiger partial charge in [-0.3, -0.25) is 0 Å². The molecule has 0 aromatic carbocycles. The van der Waals surface area contributed by atoms with Crippen LogP contribution in [0.4, 0.5) is 0 Å². The van der Waals surface area contributed by atoms with E-state index in [0.717, 1.165) is 0 Å². The smallest absolute Gasteiger partial charge is 0.156 e. The summed E-state index contributed by atoms with van der Waals surface area (Å²) in [7, 11) is 0. The van der Waals surface area contributed by atoms with Crippen molar-refractivity contribution in [2.75, 3.05) is 0 Å².